The summed E-state index contributed by atoms with van der Waals surface area (Å²) < 4.78 is 29.2. The van der Waals surface area contributed by atoms with Gasteiger partial charge >= 0.3 is 5.97 Å². The first-order valence-electron chi connectivity index (χ1n) is 16.2. The van der Waals surface area contributed by atoms with Crippen molar-refractivity contribution in [1.82, 2.24) is 10.2 Å². The maximum atomic E-state index is 13.4. The van der Waals surface area contributed by atoms with Crippen molar-refractivity contribution in [1.29, 1.82) is 0 Å². The summed E-state index contributed by atoms with van der Waals surface area (Å²) in [6.45, 7) is 9.30. The number of likely N-dealkylation sites (tertiary alicyclic amines) is 1. The van der Waals surface area contributed by atoms with Crippen molar-refractivity contribution in [2.24, 2.45) is 0 Å². The second-order valence-electron chi connectivity index (χ2n) is 12.2. The lowest BCUT2D eigenvalue weighted by Crippen LogP contribution is -2.42. The zero-order valence-electron chi connectivity index (χ0n) is 28.3. The van der Waals surface area contributed by atoms with Crippen LogP contribution < -0.4 is 5.32 Å². The molecule has 0 radical (unpaired) electrons. The Kier molecular flexibility index (Phi) is 15.5. The number of amides is 1. The number of hydrogen-bond acceptors (Lipinski definition) is 7. The maximum absolute atomic E-state index is 13.4. The highest BCUT2D eigenvalue weighted by Gasteiger charge is 2.27. The van der Waals surface area contributed by atoms with Crippen LogP contribution in [0.2, 0.25) is 0 Å². The standard InChI is InChI=1S/C32H38N2O6S.C5H12S/c1-23-9-6-7-13-27(23)29-19-25(14-15-28(29)31(35)33-30(32(36)37)16-18-41(2,38)39)20-34-17-8-12-26(34)22-40-21-24-10-4-3-5-11-24;1-4-5(2)6-3/h3-7,9-11,13-15,19,26,30H,8,12,16-18,20-22H2,1-2H3,(H,33,35)(H,36,37);5H,4H2,1-3H3/t26-,30?;/m0./s1. The Labute approximate surface area is 285 Å². The molecule has 2 unspecified atom stereocenters. The molecule has 1 saturated heterocycles. The second kappa shape index (κ2) is 19.0. The molecule has 1 heterocycles. The van der Waals surface area contributed by atoms with Crippen molar-refractivity contribution >= 4 is 33.5 Å². The summed E-state index contributed by atoms with van der Waals surface area (Å²) in [4.78, 5) is 27.6. The van der Waals surface area contributed by atoms with Crippen LogP contribution in [0.1, 0.15) is 66.6 Å². The van der Waals surface area contributed by atoms with Crippen LogP contribution in [0.25, 0.3) is 11.1 Å². The van der Waals surface area contributed by atoms with E-state index in [1.165, 1.54) is 6.42 Å². The number of carbonyl (C=O) groups is 2. The van der Waals surface area contributed by atoms with Crippen LogP contribution in [0.4, 0.5) is 0 Å². The van der Waals surface area contributed by atoms with E-state index in [1.807, 2.05) is 73.3 Å². The molecule has 3 aromatic carbocycles. The van der Waals surface area contributed by atoms with Crippen LogP contribution in [0, 0.1) is 6.92 Å². The molecule has 0 saturated carbocycles. The average Bonchev–Trinajstić information content (AvgIpc) is 3.49. The predicted octanol–water partition coefficient (Wildman–Crippen LogP) is 6.61. The van der Waals surface area contributed by atoms with Crippen molar-refractivity contribution in [3.8, 4) is 11.1 Å². The molecule has 1 fully saturated rings. The first-order valence-corrected chi connectivity index (χ1v) is 19.6. The molecule has 47 heavy (non-hydrogen) atoms. The largest absolute Gasteiger partial charge is 0.480 e. The first kappa shape index (κ1) is 38.3. The van der Waals surface area contributed by atoms with E-state index in [4.69, 9.17) is 4.74 Å². The molecule has 8 nitrogen and oxygen atoms in total. The molecule has 0 spiro atoms. The van der Waals surface area contributed by atoms with Gasteiger partial charge in [0, 0.05) is 29.7 Å². The van der Waals surface area contributed by atoms with E-state index < -0.39 is 27.8 Å². The summed E-state index contributed by atoms with van der Waals surface area (Å²) in [7, 11) is -3.38. The van der Waals surface area contributed by atoms with E-state index in [0.717, 1.165) is 53.1 Å². The number of carbonyl (C=O) groups excluding carboxylic acids is 1. The molecule has 2 N–H and O–H groups in total. The highest BCUT2D eigenvalue weighted by Crippen LogP contribution is 2.30. The molecule has 10 heteroatoms. The van der Waals surface area contributed by atoms with E-state index in [-0.39, 0.29) is 12.2 Å². The lowest BCUT2D eigenvalue weighted by atomic mass is 9.93. The summed E-state index contributed by atoms with van der Waals surface area (Å²) in [5, 5.41) is 13.0. The number of carboxylic acid groups (broad SMARTS) is 1. The van der Waals surface area contributed by atoms with Gasteiger partial charge in [-0.1, -0.05) is 74.5 Å². The van der Waals surface area contributed by atoms with Crippen LogP contribution in [-0.2, 0) is 32.5 Å². The Morgan fingerprint density at radius 1 is 1.04 bits per heavy atom. The third-order valence-electron chi connectivity index (χ3n) is 8.43. The molecule has 4 rings (SSSR count). The minimum atomic E-state index is -3.38. The first-order chi connectivity index (χ1) is 22.4. The van der Waals surface area contributed by atoms with Gasteiger partial charge in [-0.3, -0.25) is 9.69 Å². The van der Waals surface area contributed by atoms with Crippen molar-refractivity contribution in [3.63, 3.8) is 0 Å². The van der Waals surface area contributed by atoms with Gasteiger partial charge < -0.3 is 15.2 Å². The van der Waals surface area contributed by atoms with E-state index in [2.05, 4.69) is 42.5 Å². The number of rotatable bonds is 15. The maximum Gasteiger partial charge on any atom is 0.326 e. The molecular weight excluding hydrogens is 633 g/mol. The van der Waals surface area contributed by atoms with Gasteiger partial charge in [0.25, 0.3) is 5.91 Å². The molecule has 0 aromatic heterocycles. The van der Waals surface area contributed by atoms with Crippen LogP contribution in [-0.4, -0.2) is 79.1 Å². The van der Waals surface area contributed by atoms with Crippen molar-refractivity contribution in [3.05, 3.63) is 95.1 Å². The number of nitrogens with one attached hydrogen (secondary N) is 1. The molecular formula is C37H50N2O6S2. The normalized spacial score (nSPS) is 16.1. The fourth-order valence-corrected chi connectivity index (χ4v) is 6.39. The minimum Gasteiger partial charge on any atom is -0.480 e. The molecule has 3 atom stereocenters. The van der Waals surface area contributed by atoms with Crippen LogP contribution in [0.15, 0.2) is 72.8 Å². The van der Waals surface area contributed by atoms with E-state index >= 15 is 0 Å². The number of aryl methyl sites for hydroxylation is 1. The minimum absolute atomic E-state index is 0.208. The number of thioether (sulfide) groups is 1. The van der Waals surface area contributed by atoms with Crippen LogP contribution in [0.5, 0.6) is 0 Å². The molecule has 3 aromatic rings. The van der Waals surface area contributed by atoms with Gasteiger partial charge in [0.1, 0.15) is 15.9 Å². The zero-order valence-corrected chi connectivity index (χ0v) is 29.9. The van der Waals surface area contributed by atoms with Gasteiger partial charge in [0.2, 0.25) is 0 Å². The fourth-order valence-electron chi connectivity index (χ4n) is 5.39. The van der Waals surface area contributed by atoms with Gasteiger partial charge in [0.05, 0.1) is 19.0 Å². The third kappa shape index (κ3) is 12.7. The van der Waals surface area contributed by atoms with Crippen molar-refractivity contribution in [2.45, 2.75) is 76.9 Å². The molecule has 1 aliphatic heterocycles. The summed E-state index contributed by atoms with van der Waals surface area (Å²) in [5.41, 5.74) is 5.11. The Morgan fingerprint density at radius 3 is 2.36 bits per heavy atom. The number of carboxylic acids is 1. The summed E-state index contributed by atoms with van der Waals surface area (Å²) >= 11 is 1.92. The van der Waals surface area contributed by atoms with Crippen molar-refractivity contribution in [2.75, 3.05) is 31.4 Å². The van der Waals surface area contributed by atoms with E-state index in [9.17, 15) is 23.1 Å². The lowest BCUT2D eigenvalue weighted by molar-refractivity contribution is -0.139. The van der Waals surface area contributed by atoms with Gasteiger partial charge in [0.15, 0.2) is 0 Å². The molecule has 0 bridgehead atoms. The van der Waals surface area contributed by atoms with Gasteiger partial charge in [-0.25, -0.2) is 13.2 Å². The highest BCUT2D eigenvalue weighted by atomic mass is 32.2. The quantitative estimate of drug-likeness (QED) is 0.184. The Bertz CT molecular complexity index is 1540. The lowest BCUT2D eigenvalue weighted by Gasteiger charge is -2.25. The topological polar surface area (TPSA) is 113 Å². The highest BCUT2D eigenvalue weighted by molar-refractivity contribution is 7.99. The summed E-state index contributed by atoms with van der Waals surface area (Å²) in [6, 6.07) is 22.5. The SMILES string of the molecule is CCC(C)SC.Cc1ccccc1-c1cc(CN2CCC[C@H]2COCc2ccccc2)ccc1C(=O)NC(CCS(C)(=O)=O)C(=O)O. The zero-order chi connectivity index (χ0) is 34.4. The molecule has 1 amide bonds. The number of nitrogens with zero attached hydrogens (tertiary/aromatic N) is 1. The Morgan fingerprint density at radius 2 is 1.74 bits per heavy atom. The van der Waals surface area contributed by atoms with Gasteiger partial charge in [-0.2, -0.15) is 11.8 Å². The average molecular weight is 683 g/mol. The number of hydrogen-bond donors (Lipinski definition) is 2. The summed E-state index contributed by atoms with van der Waals surface area (Å²) in [6.07, 6.45) is 6.43. The third-order valence-corrected chi connectivity index (χ3v) is 10.5. The number of benzene rings is 3. The molecule has 0 aliphatic carbocycles. The van der Waals surface area contributed by atoms with Gasteiger partial charge in [-0.15, -0.1) is 0 Å². The van der Waals surface area contributed by atoms with Crippen LogP contribution >= 0.6 is 11.8 Å². The number of aliphatic carboxylic acids is 1. The van der Waals surface area contributed by atoms with E-state index in [0.29, 0.717) is 36.9 Å². The van der Waals surface area contributed by atoms with E-state index in [1.54, 1.807) is 6.07 Å². The second-order valence-corrected chi connectivity index (χ2v) is 15.7. The monoisotopic (exact) mass is 682 g/mol. The fraction of sp³-hybridized carbons (Fsp3) is 0.459. The Hall–Kier alpha value is -3.18. The Balaban J connectivity index is 0.000000913. The summed E-state index contributed by atoms with van der Waals surface area (Å²) in [5.74, 6) is -2.16. The van der Waals surface area contributed by atoms with Gasteiger partial charge in [-0.05, 0) is 85.4 Å². The number of sulfone groups is 1. The smallest absolute Gasteiger partial charge is 0.326 e. The van der Waals surface area contributed by atoms with Crippen LogP contribution in [0.3, 0.4) is 0 Å². The molecule has 256 valence electrons. The van der Waals surface area contributed by atoms with Crippen molar-refractivity contribution < 1.29 is 27.9 Å². The molecule has 1 aliphatic rings. The predicted molar refractivity (Wildman–Crippen MR) is 193 cm³/mol. The number of ether oxygens (including phenoxy) is 1.